The Kier molecular flexibility index (Phi) is 4.13. The average molecular weight is 319 g/mol. The van der Waals surface area contributed by atoms with Crippen LogP contribution in [0.1, 0.15) is 24.8 Å². The molecule has 0 unspecified atom stereocenters. The van der Waals surface area contributed by atoms with Gasteiger partial charge in [-0.2, -0.15) is 0 Å². The summed E-state index contributed by atoms with van der Waals surface area (Å²) in [5, 5.41) is 9.57. The zero-order valence-corrected chi connectivity index (χ0v) is 13.7. The summed E-state index contributed by atoms with van der Waals surface area (Å²) in [6.45, 7) is 2.16. The monoisotopic (exact) mass is 319 g/mol. The summed E-state index contributed by atoms with van der Waals surface area (Å²) in [5.41, 5.74) is 4.85. The van der Waals surface area contributed by atoms with E-state index in [0.29, 0.717) is 0 Å². The Bertz CT molecular complexity index is 856. The number of aromatic nitrogens is 2. The maximum atomic E-state index is 9.57. The van der Waals surface area contributed by atoms with Crippen LogP contribution in [0.15, 0.2) is 48.7 Å². The van der Waals surface area contributed by atoms with E-state index in [1.54, 1.807) is 0 Å². The molecule has 4 nitrogen and oxygen atoms in total. The Labute approximate surface area is 141 Å². The van der Waals surface area contributed by atoms with Crippen LogP contribution < -0.4 is 4.90 Å². The lowest BCUT2D eigenvalue weighted by molar-refractivity contribution is 0.282. The van der Waals surface area contributed by atoms with Crippen LogP contribution in [0.2, 0.25) is 0 Å². The molecule has 2 aromatic carbocycles. The molecule has 0 saturated carbocycles. The van der Waals surface area contributed by atoms with Gasteiger partial charge in [-0.05, 0) is 48.1 Å². The second-order valence-corrected chi connectivity index (χ2v) is 6.29. The van der Waals surface area contributed by atoms with Crippen LogP contribution in [0.5, 0.6) is 0 Å². The maximum absolute atomic E-state index is 9.57. The molecule has 0 amide bonds. The van der Waals surface area contributed by atoms with Crippen LogP contribution in [0.4, 0.5) is 5.82 Å². The van der Waals surface area contributed by atoms with E-state index in [2.05, 4.69) is 16.0 Å². The Morgan fingerprint density at radius 1 is 0.958 bits per heavy atom. The van der Waals surface area contributed by atoms with Gasteiger partial charge in [0.05, 0.1) is 23.8 Å². The molecule has 1 fully saturated rings. The normalized spacial score (nSPS) is 15.0. The number of fused-ring (bicyclic) bond motifs is 1. The molecule has 0 radical (unpaired) electrons. The van der Waals surface area contributed by atoms with Crippen molar-refractivity contribution in [1.82, 2.24) is 9.97 Å². The topological polar surface area (TPSA) is 49.3 Å². The fraction of sp³-hybridized carbons (Fsp3) is 0.300. The van der Waals surface area contributed by atoms with E-state index in [4.69, 9.17) is 4.98 Å². The predicted octanol–water partition coefficient (Wildman–Crippen LogP) is 3.78. The molecule has 4 rings (SSSR count). The molecule has 1 aliphatic rings. The highest BCUT2D eigenvalue weighted by Gasteiger charge is 2.13. The number of aliphatic hydroxyl groups is 1. The van der Waals surface area contributed by atoms with Crippen molar-refractivity contribution in [2.75, 3.05) is 18.0 Å². The molecular formula is C20H21N3O. The van der Waals surface area contributed by atoms with E-state index in [1.807, 2.05) is 42.6 Å². The largest absolute Gasteiger partial charge is 0.392 e. The molecule has 1 N–H and O–H groups in total. The zero-order chi connectivity index (χ0) is 16.4. The van der Waals surface area contributed by atoms with E-state index in [9.17, 15) is 5.11 Å². The van der Waals surface area contributed by atoms with Crippen molar-refractivity contribution in [2.24, 2.45) is 0 Å². The third kappa shape index (κ3) is 2.85. The maximum Gasteiger partial charge on any atom is 0.147 e. The average Bonchev–Trinajstić information content (AvgIpc) is 2.67. The summed E-state index contributed by atoms with van der Waals surface area (Å²) >= 11 is 0. The summed E-state index contributed by atoms with van der Waals surface area (Å²) in [6.07, 6.45) is 5.64. The molecule has 0 bridgehead atoms. The summed E-state index contributed by atoms with van der Waals surface area (Å²) in [6, 6.07) is 14.1. The number of aliphatic hydroxyl groups excluding tert-OH is 1. The molecule has 0 atom stereocenters. The van der Waals surface area contributed by atoms with Crippen molar-refractivity contribution in [2.45, 2.75) is 25.9 Å². The van der Waals surface area contributed by atoms with Gasteiger partial charge < -0.3 is 10.0 Å². The first-order chi connectivity index (χ1) is 11.8. The van der Waals surface area contributed by atoms with Crippen LogP contribution in [-0.4, -0.2) is 28.2 Å². The number of rotatable bonds is 3. The third-order valence-electron chi connectivity index (χ3n) is 4.71. The lowest BCUT2D eigenvalue weighted by atomic mass is 9.99. The number of hydrogen-bond donors (Lipinski definition) is 1. The first-order valence-electron chi connectivity index (χ1n) is 8.56. The molecular weight excluding hydrogens is 298 g/mol. The molecule has 0 aliphatic carbocycles. The van der Waals surface area contributed by atoms with Crippen LogP contribution in [0, 0.1) is 0 Å². The Morgan fingerprint density at radius 3 is 2.62 bits per heavy atom. The van der Waals surface area contributed by atoms with Crippen molar-refractivity contribution < 1.29 is 5.11 Å². The van der Waals surface area contributed by atoms with Crippen molar-refractivity contribution in [1.29, 1.82) is 0 Å². The Morgan fingerprint density at radius 2 is 1.79 bits per heavy atom. The van der Waals surface area contributed by atoms with Gasteiger partial charge in [0.1, 0.15) is 5.82 Å². The van der Waals surface area contributed by atoms with Gasteiger partial charge >= 0.3 is 0 Å². The summed E-state index contributed by atoms with van der Waals surface area (Å²) in [7, 11) is 0. The molecule has 1 saturated heterocycles. The number of benzene rings is 2. The minimum atomic E-state index is 0.0354. The van der Waals surface area contributed by atoms with E-state index < -0.39 is 0 Å². The van der Waals surface area contributed by atoms with Crippen LogP contribution in [-0.2, 0) is 6.61 Å². The Balaban J connectivity index is 1.76. The van der Waals surface area contributed by atoms with Gasteiger partial charge in [-0.3, -0.25) is 4.98 Å². The summed E-state index contributed by atoms with van der Waals surface area (Å²) in [4.78, 5) is 11.7. The first kappa shape index (κ1) is 15.1. The van der Waals surface area contributed by atoms with Gasteiger partial charge in [0.2, 0.25) is 0 Å². The first-order valence-corrected chi connectivity index (χ1v) is 8.56. The smallest absolute Gasteiger partial charge is 0.147 e. The van der Waals surface area contributed by atoms with E-state index in [1.165, 1.54) is 19.3 Å². The van der Waals surface area contributed by atoms with Crippen LogP contribution >= 0.6 is 0 Å². The van der Waals surface area contributed by atoms with E-state index >= 15 is 0 Å². The molecule has 2 heterocycles. The summed E-state index contributed by atoms with van der Waals surface area (Å²) in [5.74, 6) is 0.967. The van der Waals surface area contributed by atoms with Crippen molar-refractivity contribution >= 4 is 16.9 Å². The van der Waals surface area contributed by atoms with Crippen LogP contribution in [0.3, 0.4) is 0 Å². The number of nitrogens with zero attached hydrogens (tertiary/aromatic N) is 3. The fourth-order valence-corrected chi connectivity index (χ4v) is 3.38. The predicted molar refractivity (Wildman–Crippen MR) is 97.0 cm³/mol. The highest BCUT2D eigenvalue weighted by molar-refractivity contribution is 5.83. The second-order valence-electron chi connectivity index (χ2n) is 6.29. The lowest BCUT2D eigenvalue weighted by Gasteiger charge is -2.27. The number of anilines is 1. The van der Waals surface area contributed by atoms with Crippen molar-refractivity contribution in [3.05, 3.63) is 54.2 Å². The van der Waals surface area contributed by atoms with Crippen molar-refractivity contribution in [3.8, 4) is 11.1 Å². The standard InChI is InChI=1S/C20H21N3O/c24-14-16-6-2-3-7-17(16)15-8-9-18-19(12-15)22-20(13-21-18)23-10-4-1-5-11-23/h2-3,6-9,12-13,24H,1,4-5,10-11,14H2. The number of piperidine rings is 1. The zero-order valence-electron chi connectivity index (χ0n) is 13.7. The molecule has 24 heavy (non-hydrogen) atoms. The van der Waals surface area contributed by atoms with Gasteiger partial charge in [0, 0.05) is 13.1 Å². The van der Waals surface area contributed by atoms with Gasteiger partial charge in [0.25, 0.3) is 0 Å². The van der Waals surface area contributed by atoms with Gasteiger partial charge in [-0.1, -0.05) is 30.3 Å². The molecule has 122 valence electrons. The quantitative estimate of drug-likeness (QED) is 0.798. The van der Waals surface area contributed by atoms with E-state index in [0.717, 1.165) is 46.6 Å². The highest BCUT2D eigenvalue weighted by atomic mass is 16.3. The molecule has 3 aromatic rings. The fourth-order valence-electron chi connectivity index (χ4n) is 3.38. The highest BCUT2D eigenvalue weighted by Crippen LogP contribution is 2.27. The Hall–Kier alpha value is -2.46. The minimum absolute atomic E-state index is 0.0354. The molecule has 1 aromatic heterocycles. The lowest BCUT2D eigenvalue weighted by Crippen LogP contribution is -2.30. The van der Waals surface area contributed by atoms with E-state index in [-0.39, 0.29) is 6.61 Å². The SMILES string of the molecule is OCc1ccccc1-c1ccc2ncc(N3CCCCC3)nc2c1. The van der Waals surface area contributed by atoms with Gasteiger partial charge in [0.15, 0.2) is 0 Å². The van der Waals surface area contributed by atoms with Crippen LogP contribution in [0.25, 0.3) is 22.2 Å². The third-order valence-corrected chi connectivity index (χ3v) is 4.71. The number of hydrogen-bond acceptors (Lipinski definition) is 4. The summed E-state index contributed by atoms with van der Waals surface area (Å²) < 4.78 is 0. The molecule has 4 heteroatoms. The van der Waals surface area contributed by atoms with Crippen molar-refractivity contribution in [3.63, 3.8) is 0 Å². The molecule has 0 spiro atoms. The van der Waals surface area contributed by atoms with Gasteiger partial charge in [-0.15, -0.1) is 0 Å². The second kappa shape index (κ2) is 6.57. The minimum Gasteiger partial charge on any atom is -0.392 e. The van der Waals surface area contributed by atoms with Gasteiger partial charge in [-0.25, -0.2) is 4.98 Å². The molecule has 1 aliphatic heterocycles.